The lowest BCUT2D eigenvalue weighted by Crippen LogP contribution is -2.49. The summed E-state index contributed by atoms with van der Waals surface area (Å²) in [5.41, 5.74) is 9.88. The second kappa shape index (κ2) is 4.49. The van der Waals surface area contributed by atoms with Gasteiger partial charge in [0.25, 0.3) is 0 Å². The number of nitrogens with one attached hydrogen (secondary N) is 1. The Balaban J connectivity index is 2.51. The maximum atomic E-state index is 6.60. The van der Waals surface area contributed by atoms with Gasteiger partial charge in [-0.2, -0.15) is 0 Å². The van der Waals surface area contributed by atoms with Crippen molar-refractivity contribution in [2.24, 2.45) is 10.7 Å². The van der Waals surface area contributed by atoms with Crippen molar-refractivity contribution < 1.29 is 0 Å². The van der Waals surface area contributed by atoms with Crippen molar-refractivity contribution in [2.45, 2.75) is 32.7 Å². The molecule has 3 nitrogen and oxygen atoms in total. The SMILES string of the molecule is CCC(N)(C1=NCCN1)c1cccc(C)c1C. The minimum absolute atomic E-state index is 0.466. The molecule has 1 heterocycles. The van der Waals surface area contributed by atoms with E-state index < -0.39 is 5.54 Å². The fraction of sp³-hybridized carbons (Fsp3) is 0.500. The van der Waals surface area contributed by atoms with Crippen molar-refractivity contribution in [3.63, 3.8) is 0 Å². The van der Waals surface area contributed by atoms with Crippen molar-refractivity contribution in [3.05, 3.63) is 34.9 Å². The van der Waals surface area contributed by atoms with E-state index >= 15 is 0 Å². The first-order chi connectivity index (χ1) is 8.09. The predicted octanol–water partition coefficient (Wildman–Crippen LogP) is 1.87. The van der Waals surface area contributed by atoms with Gasteiger partial charge < -0.3 is 11.1 Å². The highest BCUT2D eigenvalue weighted by atomic mass is 15.1. The van der Waals surface area contributed by atoms with Gasteiger partial charge in [0.2, 0.25) is 0 Å². The van der Waals surface area contributed by atoms with Crippen LogP contribution in [0.2, 0.25) is 0 Å². The summed E-state index contributed by atoms with van der Waals surface area (Å²) >= 11 is 0. The molecule has 0 aliphatic carbocycles. The quantitative estimate of drug-likeness (QED) is 0.834. The number of amidine groups is 1. The van der Waals surface area contributed by atoms with Gasteiger partial charge >= 0.3 is 0 Å². The second-order valence-corrected chi connectivity index (χ2v) is 4.73. The van der Waals surface area contributed by atoms with Gasteiger partial charge in [-0.1, -0.05) is 25.1 Å². The number of nitrogens with zero attached hydrogens (tertiary/aromatic N) is 1. The standard InChI is InChI=1S/C14H21N3/c1-4-14(15,13-16-8-9-17-13)12-7-5-6-10(2)11(12)3/h5-7H,4,8-9,15H2,1-3H3,(H,16,17). The summed E-state index contributed by atoms with van der Waals surface area (Å²) in [6, 6.07) is 6.32. The number of hydrogen-bond acceptors (Lipinski definition) is 3. The molecule has 0 fully saturated rings. The molecule has 0 saturated heterocycles. The Kier molecular flexibility index (Phi) is 3.20. The highest BCUT2D eigenvalue weighted by molar-refractivity contribution is 5.93. The van der Waals surface area contributed by atoms with Crippen molar-refractivity contribution in [1.29, 1.82) is 0 Å². The molecule has 0 aromatic heterocycles. The van der Waals surface area contributed by atoms with Gasteiger partial charge in [-0.05, 0) is 37.0 Å². The Labute approximate surface area is 103 Å². The molecule has 0 bridgehead atoms. The summed E-state index contributed by atoms with van der Waals surface area (Å²) in [6.07, 6.45) is 0.850. The summed E-state index contributed by atoms with van der Waals surface area (Å²) < 4.78 is 0. The Bertz CT molecular complexity index is 451. The van der Waals surface area contributed by atoms with Gasteiger partial charge in [0.05, 0.1) is 12.1 Å². The molecule has 0 saturated carbocycles. The Morgan fingerprint density at radius 3 is 2.76 bits per heavy atom. The first-order valence-electron chi connectivity index (χ1n) is 6.24. The van der Waals surface area contributed by atoms with Crippen molar-refractivity contribution in [2.75, 3.05) is 13.1 Å². The Morgan fingerprint density at radius 1 is 1.41 bits per heavy atom. The average Bonchev–Trinajstić information content (AvgIpc) is 2.86. The monoisotopic (exact) mass is 231 g/mol. The maximum absolute atomic E-state index is 6.60. The van der Waals surface area contributed by atoms with E-state index in [0.717, 1.165) is 25.3 Å². The third kappa shape index (κ3) is 1.95. The van der Waals surface area contributed by atoms with Crippen LogP contribution in [0, 0.1) is 13.8 Å². The summed E-state index contributed by atoms with van der Waals surface area (Å²) in [4.78, 5) is 4.51. The molecule has 1 unspecified atom stereocenters. The van der Waals surface area contributed by atoms with E-state index in [2.05, 4.69) is 49.3 Å². The van der Waals surface area contributed by atoms with Crippen LogP contribution in [0.4, 0.5) is 0 Å². The number of rotatable bonds is 3. The third-order valence-electron chi connectivity index (χ3n) is 3.74. The summed E-state index contributed by atoms with van der Waals surface area (Å²) in [6.45, 7) is 8.11. The molecule has 0 amide bonds. The first-order valence-corrected chi connectivity index (χ1v) is 6.24. The van der Waals surface area contributed by atoms with Gasteiger partial charge in [0.15, 0.2) is 0 Å². The highest BCUT2D eigenvalue weighted by Gasteiger charge is 2.34. The zero-order chi connectivity index (χ0) is 12.5. The predicted molar refractivity (Wildman–Crippen MR) is 72.4 cm³/mol. The van der Waals surface area contributed by atoms with Crippen molar-refractivity contribution in [1.82, 2.24) is 5.32 Å². The fourth-order valence-corrected chi connectivity index (χ4v) is 2.42. The second-order valence-electron chi connectivity index (χ2n) is 4.73. The average molecular weight is 231 g/mol. The number of benzene rings is 1. The number of hydrogen-bond donors (Lipinski definition) is 2. The maximum Gasteiger partial charge on any atom is 0.121 e. The molecule has 1 atom stereocenters. The third-order valence-corrected chi connectivity index (χ3v) is 3.74. The van der Waals surface area contributed by atoms with Crippen molar-refractivity contribution in [3.8, 4) is 0 Å². The lowest BCUT2D eigenvalue weighted by atomic mass is 9.83. The topological polar surface area (TPSA) is 50.4 Å². The van der Waals surface area contributed by atoms with E-state index in [9.17, 15) is 0 Å². The van der Waals surface area contributed by atoms with Gasteiger partial charge in [0.1, 0.15) is 5.84 Å². The molecule has 1 aliphatic heterocycles. The number of nitrogens with two attached hydrogens (primary N) is 1. The van der Waals surface area contributed by atoms with Crippen LogP contribution in [0.5, 0.6) is 0 Å². The molecule has 1 aromatic carbocycles. The van der Waals surface area contributed by atoms with E-state index in [0.29, 0.717) is 0 Å². The zero-order valence-corrected chi connectivity index (χ0v) is 10.9. The molecule has 1 aromatic rings. The normalized spacial score (nSPS) is 18.5. The molecule has 17 heavy (non-hydrogen) atoms. The molecule has 92 valence electrons. The molecule has 2 rings (SSSR count). The summed E-state index contributed by atoms with van der Waals surface area (Å²) in [5, 5.41) is 3.32. The lowest BCUT2D eigenvalue weighted by molar-refractivity contribution is 0.563. The molecule has 1 aliphatic rings. The van der Waals surface area contributed by atoms with E-state index in [1.165, 1.54) is 16.7 Å². The smallest absolute Gasteiger partial charge is 0.121 e. The van der Waals surface area contributed by atoms with Crippen LogP contribution < -0.4 is 11.1 Å². The van der Waals surface area contributed by atoms with E-state index in [4.69, 9.17) is 5.73 Å². The van der Waals surface area contributed by atoms with Crippen LogP contribution in [0.25, 0.3) is 0 Å². The van der Waals surface area contributed by atoms with Crippen LogP contribution in [-0.2, 0) is 5.54 Å². The highest BCUT2D eigenvalue weighted by Crippen LogP contribution is 2.28. The van der Waals surface area contributed by atoms with Crippen LogP contribution in [0.1, 0.15) is 30.0 Å². The summed E-state index contributed by atoms with van der Waals surface area (Å²) in [7, 11) is 0. The van der Waals surface area contributed by atoms with Crippen LogP contribution in [-0.4, -0.2) is 18.9 Å². The van der Waals surface area contributed by atoms with Crippen LogP contribution in [0.3, 0.4) is 0 Å². The molecular formula is C14H21N3. The molecular weight excluding hydrogens is 210 g/mol. The Hall–Kier alpha value is -1.35. The number of aliphatic imine (C=N–C) groups is 1. The molecule has 3 heteroatoms. The van der Waals surface area contributed by atoms with Crippen LogP contribution >= 0.6 is 0 Å². The fourth-order valence-electron chi connectivity index (χ4n) is 2.42. The molecule has 0 radical (unpaired) electrons. The summed E-state index contributed by atoms with van der Waals surface area (Å²) in [5.74, 6) is 0.939. The molecule has 0 spiro atoms. The number of aryl methyl sites for hydroxylation is 1. The van der Waals surface area contributed by atoms with Gasteiger partial charge in [-0.25, -0.2) is 0 Å². The minimum atomic E-state index is -0.466. The van der Waals surface area contributed by atoms with Crippen molar-refractivity contribution >= 4 is 5.84 Å². The van der Waals surface area contributed by atoms with E-state index in [-0.39, 0.29) is 0 Å². The van der Waals surface area contributed by atoms with Gasteiger partial charge in [0, 0.05) is 6.54 Å². The lowest BCUT2D eigenvalue weighted by Gasteiger charge is -2.31. The Morgan fingerprint density at radius 2 is 2.18 bits per heavy atom. The molecule has 3 N–H and O–H groups in total. The minimum Gasteiger partial charge on any atom is -0.370 e. The first kappa shape index (κ1) is 12.1. The van der Waals surface area contributed by atoms with Crippen LogP contribution in [0.15, 0.2) is 23.2 Å². The van der Waals surface area contributed by atoms with Gasteiger partial charge in [-0.3, -0.25) is 4.99 Å². The zero-order valence-electron chi connectivity index (χ0n) is 10.9. The largest absolute Gasteiger partial charge is 0.370 e. The van der Waals surface area contributed by atoms with E-state index in [1.54, 1.807) is 0 Å². The van der Waals surface area contributed by atoms with Gasteiger partial charge in [-0.15, -0.1) is 0 Å². The van der Waals surface area contributed by atoms with E-state index in [1.807, 2.05) is 0 Å².